The van der Waals surface area contributed by atoms with Gasteiger partial charge in [0.05, 0.1) is 31.9 Å². The first-order chi connectivity index (χ1) is 6.97. The summed E-state index contributed by atoms with van der Waals surface area (Å²) >= 11 is 0. The van der Waals surface area contributed by atoms with E-state index in [-0.39, 0.29) is 5.75 Å². The van der Waals surface area contributed by atoms with Crippen molar-refractivity contribution < 1.29 is 17.5 Å². The lowest BCUT2D eigenvalue weighted by molar-refractivity contribution is -0.930. The highest BCUT2D eigenvalue weighted by Gasteiger charge is 2.27. The number of hydrogen-bond donors (Lipinski definition) is 1. The molecule has 0 aromatic rings. The molecule has 1 saturated heterocycles. The van der Waals surface area contributed by atoms with Crippen molar-refractivity contribution in [1.82, 2.24) is 0 Å². The van der Waals surface area contributed by atoms with Crippen LogP contribution in [0.4, 0.5) is 0 Å². The van der Waals surface area contributed by atoms with E-state index in [2.05, 4.69) is 6.92 Å². The molecule has 1 fully saturated rings. The zero-order valence-corrected chi connectivity index (χ0v) is 10.3. The fraction of sp³-hybridized carbons (Fsp3) is 1.00. The lowest BCUT2D eigenvalue weighted by Gasteiger charge is -2.40. The van der Waals surface area contributed by atoms with Crippen molar-refractivity contribution in [3.63, 3.8) is 0 Å². The average Bonchev–Trinajstić information content (AvgIpc) is 2.17. The Morgan fingerprint density at radius 1 is 1.20 bits per heavy atom. The van der Waals surface area contributed by atoms with Crippen molar-refractivity contribution in [1.29, 1.82) is 0 Å². The molecule has 0 spiro atoms. The molecule has 1 N–H and O–H groups in total. The fourth-order valence-corrected chi connectivity index (χ4v) is 2.96. The Morgan fingerprint density at radius 2 is 1.80 bits per heavy atom. The third-order valence-corrected chi connectivity index (χ3v) is 4.28. The average molecular weight is 236 g/mol. The maximum atomic E-state index is 10.6. The Labute approximate surface area is 92.6 Å². The monoisotopic (exact) mass is 236 g/mol. The van der Waals surface area contributed by atoms with Gasteiger partial charge in [0, 0.05) is 6.42 Å². The summed E-state index contributed by atoms with van der Waals surface area (Å²) in [5.74, 6) is -0.0903. The van der Waals surface area contributed by atoms with Crippen LogP contribution < -0.4 is 0 Å². The molecule has 15 heavy (non-hydrogen) atoms. The molecule has 1 aliphatic heterocycles. The van der Waals surface area contributed by atoms with E-state index in [0.717, 1.165) is 17.6 Å². The lowest BCUT2D eigenvalue weighted by Crippen LogP contribution is -2.52. The Kier molecular flexibility index (Phi) is 4.55. The van der Waals surface area contributed by atoms with E-state index in [1.165, 1.54) is 32.4 Å². The minimum atomic E-state index is -3.77. The molecule has 4 nitrogen and oxygen atoms in total. The molecular weight excluding hydrogens is 214 g/mol. The molecule has 0 aliphatic carbocycles. The van der Waals surface area contributed by atoms with Crippen LogP contribution in [0.5, 0.6) is 0 Å². The number of quaternary nitrogens is 1. The lowest BCUT2D eigenvalue weighted by atomic mass is 10.1. The van der Waals surface area contributed by atoms with E-state index in [0.29, 0.717) is 6.42 Å². The molecule has 1 aliphatic rings. The molecule has 5 heteroatoms. The van der Waals surface area contributed by atoms with E-state index in [9.17, 15) is 8.42 Å². The van der Waals surface area contributed by atoms with E-state index in [1.807, 2.05) is 0 Å². The number of likely N-dealkylation sites (tertiary alicyclic amines) is 1. The van der Waals surface area contributed by atoms with Gasteiger partial charge >= 0.3 is 0 Å². The molecule has 0 bridgehead atoms. The van der Waals surface area contributed by atoms with Crippen molar-refractivity contribution >= 4 is 10.1 Å². The summed E-state index contributed by atoms with van der Waals surface area (Å²) in [4.78, 5) is 0. The first kappa shape index (κ1) is 12.9. The van der Waals surface area contributed by atoms with Crippen LogP contribution in [0.2, 0.25) is 0 Å². The van der Waals surface area contributed by atoms with Crippen LogP contribution in [0, 0.1) is 0 Å². The maximum Gasteiger partial charge on any atom is 0.265 e. The second kappa shape index (κ2) is 5.27. The van der Waals surface area contributed by atoms with Gasteiger partial charge in [-0.1, -0.05) is 0 Å². The number of hydrogen-bond acceptors (Lipinski definition) is 2. The molecule has 0 amide bonds. The molecular formula is C10H22NO3S+. The van der Waals surface area contributed by atoms with Gasteiger partial charge in [0.2, 0.25) is 0 Å². The Bertz CT molecular complexity index is 281. The van der Waals surface area contributed by atoms with E-state index in [4.69, 9.17) is 4.55 Å². The minimum Gasteiger partial charge on any atom is -0.324 e. The summed E-state index contributed by atoms with van der Waals surface area (Å²) in [6, 6.07) is 0. The van der Waals surface area contributed by atoms with Crippen molar-refractivity contribution in [3.05, 3.63) is 0 Å². The van der Waals surface area contributed by atoms with Crippen molar-refractivity contribution in [2.75, 3.05) is 31.9 Å². The normalized spacial score (nSPS) is 21.5. The van der Waals surface area contributed by atoms with Crippen molar-refractivity contribution in [2.45, 2.75) is 32.6 Å². The molecule has 1 heterocycles. The molecule has 0 aromatic carbocycles. The van der Waals surface area contributed by atoms with Gasteiger partial charge in [0.15, 0.2) is 0 Å². The standard InChI is InChI=1S/C10H21NO3S/c1-2-11(7-4-3-5-8-11)9-6-10-15(12,13)14/h2-10H2,1H3/p+1. The topological polar surface area (TPSA) is 54.4 Å². The molecule has 0 saturated carbocycles. The summed E-state index contributed by atoms with van der Waals surface area (Å²) in [5.41, 5.74) is 0. The molecule has 0 atom stereocenters. The summed E-state index contributed by atoms with van der Waals surface area (Å²) in [6.45, 7) is 6.46. The van der Waals surface area contributed by atoms with Gasteiger partial charge in [0.25, 0.3) is 10.1 Å². The van der Waals surface area contributed by atoms with E-state index < -0.39 is 10.1 Å². The molecule has 0 radical (unpaired) electrons. The van der Waals surface area contributed by atoms with Gasteiger partial charge < -0.3 is 4.48 Å². The van der Waals surface area contributed by atoms with Crippen LogP contribution in [-0.4, -0.2) is 49.4 Å². The van der Waals surface area contributed by atoms with Crippen molar-refractivity contribution in [3.8, 4) is 0 Å². The molecule has 90 valence electrons. The largest absolute Gasteiger partial charge is 0.324 e. The third kappa shape index (κ3) is 4.49. The van der Waals surface area contributed by atoms with Crippen LogP contribution in [0.15, 0.2) is 0 Å². The van der Waals surface area contributed by atoms with E-state index >= 15 is 0 Å². The van der Waals surface area contributed by atoms with Crippen LogP contribution in [0.3, 0.4) is 0 Å². The maximum absolute atomic E-state index is 10.6. The van der Waals surface area contributed by atoms with Crippen molar-refractivity contribution in [2.24, 2.45) is 0 Å². The Hall–Kier alpha value is -0.130. The van der Waals surface area contributed by atoms with Gasteiger partial charge in [-0.05, 0) is 26.2 Å². The summed E-state index contributed by atoms with van der Waals surface area (Å²) in [7, 11) is -3.77. The second-order valence-corrected chi connectivity index (χ2v) is 6.10. The van der Waals surface area contributed by atoms with Gasteiger partial charge in [-0.25, -0.2) is 0 Å². The quantitative estimate of drug-likeness (QED) is 0.578. The number of nitrogens with zero attached hydrogens (tertiary/aromatic N) is 1. The molecule has 0 aromatic heterocycles. The smallest absolute Gasteiger partial charge is 0.265 e. The zero-order chi connectivity index (χ0) is 11.4. The minimum absolute atomic E-state index is 0.0903. The van der Waals surface area contributed by atoms with E-state index in [1.54, 1.807) is 0 Å². The first-order valence-corrected chi connectivity index (χ1v) is 7.39. The summed E-state index contributed by atoms with van der Waals surface area (Å²) < 4.78 is 30.9. The van der Waals surface area contributed by atoms with Crippen LogP contribution in [-0.2, 0) is 10.1 Å². The predicted molar refractivity (Wildman–Crippen MR) is 60.3 cm³/mol. The van der Waals surface area contributed by atoms with Gasteiger partial charge in [-0.3, -0.25) is 4.55 Å². The van der Waals surface area contributed by atoms with Crippen LogP contribution in [0.25, 0.3) is 0 Å². The summed E-state index contributed by atoms with van der Waals surface area (Å²) in [6.07, 6.45) is 4.38. The number of rotatable bonds is 5. The molecule has 1 rings (SSSR count). The summed E-state index contributed by atoms with van der Waals surface area (Å²) in [5, 5.41) is 0. The highest BCUT2D eigenvalue weighted by Crippen LogP contribution is 2.19. The number of piperidine rings is 1. The highest BCUT2D eigenvalue weighted by molar-refractivity contribution is 7.85. The zero-order valence-electron chi connectivity index (χ0n) is 9.48. The predicted octanol–water partition coefficient (Wildman–Crippen LogP) is 1.28. The van der Waals surface area contributed by atoms with Crippen LogP contribution in [0.1, 0.15) is 32.6 Å². The Morgan fingerprint density at radius 3 is 2.27 bits per heavy atom. The Balaban J connectivity index is 2.39. The van der Waals surface area contributed by atoms with Gasteiger partial charge in [-0.15, -0.1) is 0 Å². The second-order valence-electron chi connectivity index (χ2n) is 4.53. The first-order valence-electron chi connectivity index (χ1n) is 5.78. The van der Waals surface area contributed by atoms with Crippen LogP contribution >= 0.6 is 0 Å². The SMILES string of the molecule is CC[N+]1(CCCS(=O)(=O)O)CCCCC1. The fourth-order valence-electron chi connectivity index (χ4n) is 2.46. The van der Waals surface area contributed by atoms with Gasteiger partial charge in [-0.2, -0.15) is 8.42 Å². The molecule has 0 unspecified atom stereocenters. The third-order valence-electron chi connectivity index (χ3n) is 3.47. The highest BCUT2D eigenvalue weighted by atomic mass is 32.2. The van der Waals surface area contributed by atoms with Gasteiger partial charge in [0.1, 0.15) is 0 Å².